The van der Waals surface area contributed by atoms with Crippen LogP contribution in [-0.4, -0.2) is 5.75 Å². The summed E-state index contributed by atoms with van der Waals surface area (Å²) in [4.78, 5) is 1.08. The predicted molar refractivity (Wildman–Crippen MR) is 69.0 cm³/mol. The predicted octanol–water partition coefficient (Wildman–Crippen LogP) is 4.46. The van der Waals surface area contributed by atoms with Crippen LogP contribution in [0.15, 0.2) is 27.6 Å². The van der Waals surface area contributed by atoms with E-state index in [1.165, 1.54) is 6.42 Å². The van der Waals surface area contributed by atoms with E-state index in [0.29, 0.717) is 0 Å². The van der Waals surface area contributed by atoms with Crippen molar-refractivity contribution in [2.24, 2.45) is 5.92 Å². The van der Waals surface area contributed by atoms with Gasteiger partial charge in [0.2, 0.25) is 0 Å². The minimum atomic E-state index is 0.721. The highest BCUT2D eigenvalue weighted by atomic mass is 79.9. The summed E-state index contributed by atoms with van der Waals surface area (Å²) in [6, 6.07) is 8.09. The SMILES string of the molecule is CC(C)CCSc1ccc(Br)cc1C#N. The van der Waals surface area contributed by atoms with Gasteiger partial charge in [0, 0.05) is 9.37 Å². The summed E-state index contributed by atoms with van der Waals surface area (Å²) in [5.41, 5.74) is 0.762. The molecule has 0 spiro atoms. The molecule has 0 aliphatic carbocycles. The molecule has 1 nitrogen and oxygen atoms in total. The number of benzene rings is 1. The van der Waals surface area contributed by atoms with Gasteiger partial charge in [-0.25, -0.2) is 0 Å². The van der Waals surface area contributed by atoms with Crippen molar-refractivity contribution in [3.05, 3.63) is 28.2 Å². The van der Waals surface area contributed by atoms with Crippen LogP contribution in [0.1, 0.15) is 25.8 Å². The van der Waals surface area contributed by atoms with Gasteiger partial charge in [0.15, 0.2) is 0 Å². The number of hydrogen-bond donors (Lipinski definition) is 0. The molecule has 1 aromatic rings. The summed E-state index contributed by atoms with van der Waals surface area (Å²) in [5, 5.41) is 8.97. The van der Waals surface area contributed by atoms with Crippen molar-refractivity contribution >= 4 is 27.7 Å². The Morgan fingerprint density at radius 3 is 2.80 bits per heavy atom. The number of nitrogens with zero attached hydrogens (tertiary/aromatic N) is 1. The van der Waals surface area contributed by atoms with E-state index in [1.54, 1.807) is 11.8 Å². The molecule has 0 saturated carbocycles. The summed E-state index contributed by atoms with van der Waals surface area (Å²) < 4.78 is 0.965. The van der Waals surface area contributed by atoms with Gasteiger partial charge in [-0.15, -0.1) is 11.8 Å². The monoisotopic (exact) mass is 283 g/mol. The first-order valence-corrected chi connectivity index (χ1v) is 6.73. The summed E-state index contributed by atoms with van der Waals surface area (Å²) in [6.07, 6.45) is 1.19. The molecule has 0 saturated heterocycles. The van der Waals surface area contributed by atoms with Crippen molar-refractivity contribution < 1.29 is 0 Å². The quantitative estimate of drug-likeness (QED) is 0.762. The topological polar surface area (TPSA) is 23.8 Å². The van der Waals surface area contributed by atoms with Crippen LogP contribution >= 0.6 is 27.7 Å². The number of thioether (sulfide) groups is 1. The second kappa shape index (κ2) is 6.19. The number of rotatable bonds is 4. The van der Waals surface area contributed by atoms with Crippen LogP contribution in [0.5, 0.6) is 0 Å². The lowest BCUT2D eigenvalue weighted by atomic mass is 10.2. The fraction of sp³-hybridized carbons (Fsp3) is 0.417. The van der Waals surface area contributed by atoms with E-state index in [4.69, 9.17) is 5.26 Å². The zero-order valence-corrected chi connectivity index (χ0v) is 11.4. The van der Waals surface area contributed by atoms with E-state index in [9.17, 15) is 0 Å². The van der Waals surface area contributed by atoms with Crippen molar-refractivity contribution in [3.8, 4) is 6.07 Å². The minimum absolute atomic E-state index is 0.721. The second-order valence-corrected chi connectivity index (χ2v) is 5.84. The van der Waals surface area contributed by atoms with E-state index < -0.39 is 0 Å². The summed E-state index contributed by atoms with van der Waals surface area (Å²) >= 11 is 5.13. The molecule has 15 heavy (non-hydrogen) atoms. The summed E-state index contributed by atoms with van der Waals surface area (Å²) in [6.45, 7) is 4.43. The first-order chi connectivity index (χ1) is 7.13. The van der Waals surface area contributed by atoms with Crippen molar-refractivity contribution in [3.63, 3.8) is 0 Å². The molecular formula is C12H14BrNS. The molecule has 0 N–H and O–H groups in total. The van der Waals surface area contributed by atoms with Gasteiger partial charge in [-0.05, 0) is 36.3 Å². The zero-order valence-electron chi connectivity index (χ0n) is 8.96. The zero-order chi connectivity index (χ0) is 11.3. The number of hydrogen-bond acceptors (Lipinski definition) is 2. The van der Waals surface area contributed by atoms with Gasteiger partial charge in [0.25, 0.3) is 0 Å². The second-order valence-electron chi connectivity index (χ2n) is 3.78. The van der Waals surface area contributed by atoms with Crippen molar-refractivity contribution in [2.75, 3.05) is 5.75 Å². The van der Waals surface area contributed by atoms with Gasteiger partial charge in [-0.3, -0.25) is 0 Å². The third-order valence-electron chi connectivity index (χ3n) is 2.01. The molecule has 80 valence electrons. The Balaban J connectivity index is 2.65. The van der Waals surface area contributed by atoms with Crippen LogP contribution in [0, 0.1) is 17.2 Å². The maximum atomic E-state index is 8.97. The van der Waals surface area contributed by atoms with E-state index in [2.05, 4.69) is 35.8 Å². The van der Waals surface area contributed by atoms with Gasteiger partial charge in [-0.1, -0.05) is 29.8 Å². The highest BCUT2D eigenvalue weighted by Crippen LogP contribution is 2.26. The molecule has 0 aromatic heterocycles. The molecule has 1 aromatic carbocycles. The van der Waals surface area contributed by atoms with Crippen LogP contribution < -0.4 is 0 Å². The normalized spacial score (nSPS) is 10.3. The van der Waals surface area contributed by atoms with Gasteiger partial charge in [0.1, 0.15) is 6.07 Å². The highest BCUT2D eigenvalue weighted by molar-refractivity contribution is 9.10. The average Bonchev–Trinajstić information content (AvgIpc) is 2.19. The minimum Gasteiger partial charge on any atom is -0.192 e. The maximum absolute atomic E-state index is 8.97. The molecule has 0 heterocycles. The lowest BCUT2D eigenvalue weighted by molar-refractivity contribution is 0.632. The molecule has 0 fully saturated rings. The average molecular weight is 284 g/mol. The third kappa shape index (κ3) is 4.27. The Morgan fingerprint density at radius 1 is 1.47 bits per heavy atom. The van der Waals surface area contributed by atoms with Crippen LogP contribution in [0.3, 0.4) is 0 Å². The molecule has 0 aliphatic heterocycles. The van der Waals surface area contributed by atoms with Crippen molar-refractivity contribution in [1.29, 1.82) is 5.26 Å². The van der Waals surface area contributed by atoms with Crippen LogP contribution in [0.2, 0.25) is 0 Å². The Labute approximate surface area is 104 Å². The van der Waals surface area contributed by atoms with E-state index in [-0.39, 0.29) is 0 Å². The van der Waals surface area contributed by atoms with Gasteiger partial charge >= 0.3 is 0 Å². The fourth-order valence-corrected chi connectivity index (χ4v) is 2.71. The fourth-order valence-electron chi connectivity index (χ4n) is 1.12. The van der Waals surface area contributed by atoms with Gasteiger partial charge < -0.3 is 0 Å². The maximum Gasteiger partial charge on any atom is 0.100 e. The molecule has 0 aliphatic rings. The van der Waals surface area contributed by atoms with Gasteiger partial charge in [-0.2, -0.15) is 5.26 Å². The van der Waals surface area contributed by atoms with E-state index in [1.807, 2.05) is 18.2 Å². The summed E-state index contributed by atoms with van der Waals surface area (Å²) in [5.74, 6) is 1.80. The molecule has 0 unspecified atom stereocenters. The van der Waals surface area contributed by atoms with E-state index in [0.717, 1.165) is 26.6 Å². The van der Waals surface area contributed by atoms with Gasteiger partial charge in [0.05, 0.1) is 5.56 Å². The van der Waals surface area contributed by atoms with Crippen LogP contribution in [0.4, 0.5) is 0 Å². The largest absolute Gasteiger partial charge is 0.192 e. The lowest BCUT2D eigenvalue weighted by Gasteiger charge is -2.06. The Morgan fingerprint density at radius 2 is 2.20 bits per heavy atom. The standard InChI is InChI=1S/C12H14BrNS/c1-9(2)5-6-15-12-4-3-11(13)7-10(12)8-14/h3-4,7,9H,5-6H2,1-2H3. The molecule has 0 amide bonds. The Kier molecular flexibility index (Phi) is 5.21. The molecule has 0 bridgehead atoms. The molecule has 0 atom stereocenters. The summed E-state index contributed by atoms with van der Waals surface area (Å²) in [7, 11) is 0. The first kappa shape index (κ1) is 12.6. The Hall–Kier alpha value is -0.460. The highest BCUT2D eigenvalue weighted by Gasteiger charge is 2.03. The number of nitriles is 1. The molecule has 0 radical (unpaired) electrons. The van der Waals surface area contributed by atoms with Crippen LogP contribution in [0.25, 0.3) is 0 Å². The lowest BCUT2D eigenvalue weighted by Crippen LogP contribution is -1.90. The van der Waals surface area contributed by atoms with Crippen LogP contribution in [-0.2, 0) is 0 Å². The first-order valence-electron chi connectivity index (χ1n) is 4.96. The number of halogens is 1. The van der Waals surface area contributed by atoms with Crippen molar-refractivity contribution in [1.82, 2.24) is 0 Å². The Bertz CT molecular complexity index is 368. The molecular weight excluding hydrogens is 270 g/mol. The molecule has 1 rings (SSSR count). The smallest absolute Gasteiger partial charge is 0.100 e. The van der Waals surface area contributed by atoms with E-state index >= 15 is 0 Å². The molecule has 3 heteroatoms. The van der Waals surface area contributed by atoms with Crippen molar-refractivity contribution in [2.45, 2.75) is 25.2 Å². The third-order valence-corrected chi connectivity index (χ3v) is 3.61.